The van der Waals surface area contributed by atoms with Gasteiger partial charge in [-0.1, -0.05) is 25.1 Å². The van der Waals surface area contributed by atoms with Crippen LogP contribution in [0.5, 0.6) is 5.75 Å². The largest absolute Gasteiger partial charge is 0.496 e. The smallest absolute Gasteiger partial charge is 0.326 e. The summed E-state index contributed by atoms with van der Waals surface area (Å²) in [5, 5.41) is 3.03. The molecule has 2 saturated carbocycles. The van der Waals surface area contributed by atoms with E-state index < -0.39 is 5.54 Å². The van der Waals surface area contributed by atoms with E-state index in [1.807, 2.05) is 24.3 Å². The highest BCUT2D eigenvalue weighted by Crippen LogP contribution is 2.37. The molecule has 1 saturated heterocycles. The van der Waals surface area contributed by atoms with E-state index in [0.29, 0.717) is 25.2 Å². The lowest BCUT2D eigenvalue weighted by molar-refractivity contribution is -0.134. The van der Waals surface area contributed by atoms with Crippen LogP contribution in [0, 0.1) is 5.92 Å². The number of benzene rings is 1. The fourth-order valence-electron chi connectivity index (χ4n) is 4.37. The molecule has 146 valence electrons. The number of nitrogens with zero attached hydrogens (tertiary/aromatic N) is 2. The van der Waals surface area contributed by atoms with Crippen LogP contribution in [0.1, 0.15) is 51.0 Å². The molecule has 6 heteroatoms. The van der Waals surface area contributed by atoms with Crippen molar-refractivity contribution in [3.63, 3.8) is 0 Å². The summed E-state index contributed by atoms with van der Waals surface area (Å²) in [5.41, 5.74) is 0.420. The lowest BCUT2D eigenvalue weighted by atomic mass is 9.77. The van der Waals surface area contributed by atoms with Crippen molar-refractivity contribution < 1.29 is 14.3 Å². The Bertz CT molecular complexity index is 723. The summed E-state index contributed by atoms with van der Waals surface area (Å²) in [5.74, 6) is 1.44. The molecule has 6 nitrogen and oxygen atoms in total. The van der Waals surface area contributed by atoms with Crippen LogP contribution in [0.4, 0.5) is 4.79 Å². The van der Waals surface area contributed by atoms with Gasteiger partial charge >= 0.3 is 6.03 Å². The molecule has 3 amide bonds. The highest BCUT2D eigenvalue weighted by Gasteiger charge is 2.52. The molecule has 0 aromatic heterocycles. The zero-order valence-electron chi connectivity index (χ0n) is 16.2. The van der Waals surface area contributed by atoms with Crippen LogP contribution >= 0.6 is 0 Å². The first-order chi connectivity index (χ1) is 13.0. The third kappa shape index (κ3) is 3.55. The first kappa shape index (κ1) is 18.3. The van der Waals surface area contributed by atoms with Crippen molar-refractivity contribution in [3.8, 4) is 5.75 Å². The summed E-state index contributed by atoms with van der Waals surface area (Å²) in [7, 11) is 1.67. The first-order valence-corrected chi connectivity index (χ1v) is 10.0. The molecule has 1 spiro atoms. The quantitative estimate of drug-likeness (QED) is 0.781. The average molecular weight is 371 g/mol. The van der Waals surface area contributed by atoms with Gasteiger partial charge in [-0.2, -0.15) is 0 Å². The van der Waals surface area contributed by atoms with E-state index in [1.165, 1.54) is 4.90 Å². The van der Waals surface area contributed by atoms with Gasteiger partial charge in [0, 0.05) is 18.2 Å². The predicted octanol–water partition coefficient (Wildman–Crippen LogP) is 3.12. The fraction of sp³-hybridized carbons (Fsp3) is 0.619. The third-order valence-corrected chi connectivity index (χ3v) is 6.33. The van der Waals surface area contributed by atoms with E-state index in [4.69, 9.17) is 4.74 Å². The molecule has 0 atom stereocenters. The van der Waals surface area contributed by atoms with Crippen molar-refractivity contribution in [2.75, 3.05) is 13.8 Å². The standard InChI is InChI=1S/C21H29N3O3/c1-15-9-11-21(12-10-15)19(25)24(20(26)22-21)14-23(17-7-8-17)13-16-5-3-4-6-18(16)27-2/h3-6,15,17H,7-14H2,1-2H3,(H,22,26). The monoisotopic (exact) mass is 371 g/mol. The maximum Gasteiger partial charge on any atom is 0.326 e. The maximum atomic E-state index is 13.1. The average Bonchev–Trinajstić information content (AvgIpc) is 3.49. The number of hydrogen-bond acceptors (Lipinski definition) is 4. The number of nitrogens with one attached hydrogen (secondary N) is 1. The third-order valence-electron chi connectivity index (χ3n) is 6.33. The zero-order chi connectivity index (χ0) is 19.0. The fourth-order valence-corrected chi connectivity index (χ4v) is 4.37. The van der Waals surface area contributed by atoms with Crippen molar-refractivity contribution in [1.29, 1.82) is 0 Å². The van der Waals surface area contributed by atoms with E-state index in [-0.39, 0.29) is 11.9 Å². The molecule has 1 aliphatic heterocycles. The van der Waals surface area contributed by atoms with Gasteiger partial charge in [-0.05, 0) is 50.5 Å². The summed E-state index contributed by atoms with van der Waals surface area (Å²) in [6.07, 6.45) is 5.72. The number of methoxy groups -OCH3 is 1. The van der Waals surface area contributed by atoms with Gasteiger partial charge in [-0.25, -0.2) is 9.69 Å². The van der Waals surface area contributed by atoms with Crippen LogP contribution in [0.25, 0.3) is 0 Å². The molecule has 0 radical (unpaired) electrons. The van der Waals surface area contributed by atoms with Gasteiger partial charge in [0.2, 0.25) is 0 Å². The second-order valence-corrected chi connectivity index (χ2v) is 8.36. The number of carbonyl (C=O) groups excluding carboxylic acids is 2. The number of carbonyl (C=O) groups is 2. The molecule has 4 rings (SSSR count). The number of rotatable bonds is 6. The van der Waals surface area contributed by atoms with Crippen molar-refractivity contribution in [3.05, 3.63) is 29.8 Å². The highest BCUT2D eigenvalue weighted by atomic mass is 16.5. The minimum absolute atomic E-state index is 0.0370. The van der Waals surface area contributed by atoms with Gasteiger partial charge in [0.1, 0.15) is 11.3 Å². The minimum atomic E-state index is -0.663. The van der Waals surface area contributed by atoms with Gasteiger partial charge < -0.3 is 10.1 Å². The summed E-state index contributed by atoms with van der Waals surface area (Å²) >= 11 is 0. The van der Waals surface area contributed by atoms with Crippen LogP contribution < -0.4 is 10.1 Å². The highest BCUT2D eigenvalue weighted by molar-refractivity contribution is 6.07. The number of ether oxygens (including phenoxy) is 1. The lowest BCUT2D eigenvalue weighted by Gasteiger charge is -2.34. The Morgan fingerprint density at radius 2 is 1.89 bits per heavy atom. The summed E-state index contributed by atoms with van der Waals surface area (Å²) in [6.45, 7) is 3.24. The Morgan fingerprint density at radius 3 is 2.56 bits per heavy atom. The molecular weight excluding hydrogens is 342 g/mol. The van der Waals surface area contributed by atoms with E-state index in [0.717, 1.165) is 49.8 Å². The zero-order valence-corrected chi connectivity index (χ0v) is 16.2. The van der Waals surface area contributed by atoms with Crippen LogP contribution in [-0.2, 0) is 11.3 Å². The van der Waals surface area contributed by atoms with Gasteiger partial charge in [0.15, 0.2) is 0 Å². The Labute approximate surface area is 160 Å². The van der Waals surface area contributed by atoms with E-state index in [9.17, 15) is 9.59 Å². The SMILES string of the molecule is COc1ccccc1CN(CN1C(=O)NC2(CCC(C)CC2)C1=O)C1CC1. The molecular formula is C21H29N3O3. The van der Waals surface area contributed by atoms with Gasteiger partial charge in [-0.3, -0.25) is 9.69 Å². The number of amides is 3. The van der Waals surface area contributed by atoms with Crippen LogP contribution in [0.2, 0.25) is 0 Å². The summed E-state index contributed by atoms with van der Waals surface area (Å²) in [4.78, 5) is 29.5. The molecule has 1 aromatic rings. The number of urea groups is 1. The van der Waals surface area contributed by atoms with Crippen molar-refractivity contribution >= 4 is 11.9 Å². The van der Waals surface area contributed by atoms with Crippen molar-refractivity contribution in [2.24, 2.45) is 5.92 Å². The lowest BCUT2D eigenvalue weighted by Crippen LogP contribution is -2.50. The predicted molar refractivity (Wildman–Crippen MR) is 102 cm³/mol. The van der Waals surface area contributed by atoms with Crippen molar-refractivity contribution in [2.45, 2.75) is 63.6 Å². The van der Waals surface area contributed by atoms with Gasteiger partial charge in [0.25, 0.3) is 5.91 Å². The number of imide groups is 1. The van der Waals surface area contributed by atoms with Crippen molar-refractivity contribution in [1.82, 2.24) is 15.1 Å². The van der Waals surface area contributed by atoms with Gasteiger partial charge in [0.05, 0.1) is 13.8 Å². The minimum Gasteiger partial charge on any atom is -0.496 e. The second kappa shape index (κ2) is 7.15. The van der Waals surface area contributed by atoms with E-state index >= 15 is 0 Å². The van der Waals surface area contributed by atoms with Crippen LogP contribution in [0.15, 0.2) is 24.3 Å². The molecule has 1 heterocycles. The topological polar surface area (TPSA) is 61.9 Å². The number of hydrogen-bond donors (Lipinski definition) is 1. The Hall–Kier alpha value is -2.08. The maximum absolute atomic E-state index is 13.1. The molecule has 2 aliphatic carbocycles. The molecule has 1 aromatic carbocycles. The number of para-hydroxylation sites is 1. The molecule has 0 unspecified atom stereocenters. The molecule has 1 N–H and O–H groups in total. The van der Waals surface area contributed by atoms with E-state index in [1.54, 1.807) is 7.11 Å². The molecule has 3 fully saturated rings. The van der Waals surface area contributed by atoms with E-state index in [2.05, 4.69) is 17.1 Å². The van der Waals surface area contributed by atoms with Crippen LogP contribution in [-0.4, -0.2) is 47.1 Å². The molecule has 3 aliphatic rings. The molecule has 27 heavy (non-hydrogen) atoms. The normalized spacial score (nSPS) is 28.1. The first-order valence-electron chi connectivity index (χ1n) is 10.0. The summed E-state index contributed by atoms with van der Waals surface area (Å²) < 4.78 is 5.47. The van der Waals surface area contributed by atoms with Gasteiger partial charge in [-0.15, -0.1) is 0 Å². The Balaban J connectivity index is 1.49. The molecule has 0 bridgehead atoms. The Kier molecular flexibility index (Phi) is 4.84. The summed E-state index contributed by atoms with van der Waals surface area (Å²) in [6, 6.07) is 8.14. The Morgan fingerprint density at radius 1 is 1.19 bits per heavy atom. The van der Waals surface area contributed by atoms with Crippen LogP contribution in [0.3, 0.4) is 0 Å². The second-order valence-electron chi connectivity index (χ2n) is 8.36.